The van der Waals surface area contributed by atoms with Crippen molar-refractivity contribution in [3.63, 3.8) is 0 Å². The van der Waals surface area contributed by atoms with Crippen LogP contribution in [0.2, 0.25) is 0 Å². The number of halogens is 1. The van der Waals surface area contributed by atoms with E-state index in [0.717, 1.165) is 0 Å². The number of hydrogen-bond donors (Lipinski definition) is 1. The molecule has 0 unspecified atom stereocenters. The maximum absolute atomic E-state index is 11.0. The second-order valence-corrected chi connectivity index (χ2v) is 5.02. The normalized spacial score (nSPS) is 17.2. The number of piperidine rings is 1. The van der Waals surface area contributed by atoms with Gasteiger partial charge in [-0.3, -0.25) is 10.1 Å². The molecule has 1 fully saturated rings. The molecule has 0 radical (unpaired) electrons. The Bertz CT molecular complexity index is 431. The number of anilines is 1. The summed E-state index contributed by atoms with van der Waals surface area (Å²) in [5, 5.41) is 20.4. The minimum Gasteiger partial charge on any atom is -0.393 e. The number of nitro benzene ring substituents is 1. The van der Waals surface area contributed by atoms with E-state index in [4.69, 9.17) is 0 Å². The fraction of sp³-hybridized carbons (Fsp3) is 0.455. The Morgan fingerprint density at radius 3 is 2.65 bits per heavy atom. The molecule has 2 rings (SSSR count). The highest BCUT2D eigenvalue weighted by molar-refractivity contribution is 9.10. The van der Waals surface area contributed by atoms with Crippen molar-refractivity contribution in [3.8, 4) is 0 Å². The lowest BCUT2D eigenvalue weighted by atomic mass is 10.1. The van der Waals surface area contributed by atoms with Gasteiger partial charge in [0.25, 0.3) is 5.69 Å². The van der Waals surface area contributed by atoms with Gasteiger partial charge in [-0.2, -0.15) is 0 Å². The van der Waals surface area contributed by atoms with Gasteiger partial charge >= 0.3 is 0 Å². The Morgan fingerprint density at radius 2 is 2.06 bits per heavy atom. The van der Waals surface area contributed by atoms with Crippen LogP contribution in [-0.2, 0) is 0 Å². The predicted molar refractivity (Wildman–Crippen MR) is 68.3 cm³/mol. The van der Waals surface area contributed by atoms with Gasteiger partial charge in [-0.25, -0.2) is 0 Å². The number of aliphatic hydroxyl groups is 1. The fourth-order valence-corrected chi connectivity index (χ4v) is 2.37. The molecule has 1 N–H and O–H groups in total. The van der Waals surface area contributed by atoms with E-state index in [1.165, 1.54) is 6.07 Å². The van der Waals surface area contributed by atoms with Crippen LogP contribution in [0.3, 0.4) is 0 Å². The molecule has 17 heavy (non-hydrogen) atoms. The highest BCUT2D eigenvalue weighted by Crippen LogP contribution is 2.32. The Kier molecular flexibility index (Phi) is 3.63. The molecule has 6 heteroatoms. The molecule has 1 aromatic rings. The number of aliphatic hydroxyl groups excluding tert-OH is 1. The van der Waals surface area contributed by atoms with Crippen molar-refractivity contribution in [2.24, 2.45) is 0 Å². The monoisotopic (exact) mass is 300 g/mol. The molecule has 0 bridgehead atoms. The Hall–Kier alpha value is -1.14. The summed E-state index contributed by atoms with van der Waals surface area (Å²) in [4.78, 5) is 12.6. The summed E-state index contributed by atoms with van der Waals surface area (Å²) in [7, 11) is 0. The maximum Gasteiger partial charge on any atom is 0.293 e. The average Bonchev–Trinajstić information content (AvgIpc) is 2.30. The van der Waals surface area contributed by atoms with Gasteiger partial charge in [0.2, 0.25) is 0 Å². The molecule has 0 saturated carbocycles. The van der Waals surface area contributed by atoms with Crippen LogP contribution in [0.1, 0.15) is 12.8 Å². The first-order chi connectivity index (χ1) is 8.08. The smallest absolute Gasteiger partial charge is 0.293 e. The highest BCUT2D eigenvalue weighted by atomic mass is 79.9. The molecule has 1 saturated heterocycles. The van der Waals surface area contributed by atoms with Crippen molar-refractivity contribution in [3.05, 3.63) is 32.8 Å². The molecule has 0 aliphatic carbocycles. The van der Waals surface area contributed by atoms with Crippen molar-refractivity contribution in [1.29, 1.82) is 0 Å². The van der Waals surface area contributed by atoms with E-state index in [2.05, 4.69) is 15.9 Å². The largest absolute Gasteiger partial charge is 0.393 e. The van der Waals surface area contributed by atoms with E-state index in [1.807, 2.05) is 4.90 Å². The summed E-state index contributed by atoms with van der Waals surface area (Å²) in [6.45, 7) is 1.31. The van der Waals surface area contributed by atoms with E-state index in [1.54, 1.807) is 12.1 Å². The summed E-state index contributed by atoms with van der Waals surface area (Å²) >= 11 is 3.24. The van der Waals surface area contributed by atoms with Crippen molar-refractivity contribution < 1.29 is 10.0 Å². The summed E-state index contributed by atoms with van der Waals surface area (Å²) in [6, 6.07) is 5.06. The quantitative estimate of drug-likeness (QED) is 0.672. The van der Waals surface area contributed by atoms with Crippen LogP contribution in [0, 0.1) is 10.1 Å². The number of nitro groups is 1. The predicted octanol–water partition coefficient (Wildman–Crippen LogP) is 2.32. The third-order valence-electron chi connectivity index (χ3n) is 2.94. The van der Waals surface area contributed by atoms with Gasteiger partial charge in [0.15, 0.2) is 0 Å². The van der Waals surface area contributed by atoms with Crippen molar-refractivity contribution in [2.75, 3.05) is 18.0 Å². The second-order valence-electron chi connectivity index (χ2n) is 4.11. The summed E-state index contributed by atoms with van der Waals surface area (Å²) in [5.74, 6) is 0. The number of rotatable bonds is 2. The van der Waals surface area contributed by atoms with Gasteiger partial charge in [0.05, 0.1) is 11.0 Å². The second kappa shape index (κ2) is 5.01. The summed E-state index contributed by atoms with van der Waals surface area (Å²) in [5.41, 5.74) is 0.737. The molecule has 5 nitrogen and oxygen atoms in total. The fourth-order valence-electron chi connectivity index (χ4n) is 2.02. The van der Waals surface area contributed by atoms with E-state index in [-0.39, 0.29) is 16.7 Å². The van der Waals surface area contributed by atoms with E-state index < -0.39 is 0 Å². The lowest BCUT2D eigenvalue weighted by Gasteiger charge is -2.31. The van der Waals surface area contributed by atoms with Crippen molar-refractivity contribution >= 4 is 27.3 Å². The Labute approximate surface area is 107 Å². The average molecular weight is 301 g/mol. The minimum atomic E-state index is -0.370. The zero-order valence-corrected chi connectivity index (χ0v) is 10.8. The van der Waals surface area contributed by atoms with Crippen molar-refractivity contribution in [1.82, 2.24) is 0 Å². The Balaban J connectivity index is 2.28. The molecule has 1 aliphatic heterocycles. The van der Waals surface area contributed by atoms with Crippen LogP contribution >= 0.6 is 15.9 Å². The number of hydrogen-bond acceptors (Lipinski definition) is 4. The van der Waals surface area contributed by atoms with E-state index in [9.17, 15) is 15.2 Å². The molecule has 0 atom stereocenters. The van der Waals surface area contributed by atoms with Crippen LogP contribution in [0.5, 0.6) is 0 Å². The Morgan fingerprint density at radius 1 is 1.41 bits per heavy atom. The number of nitrogens with zero attached hydrogens (tertiary/aromatic N) is 2. The van der Waals surface area contributed by atoms with Gasteiger partial charge in [-0.1, -0.05) is 15.9 Å². The van der Waals surface area contributed by atoms with E-state index in [0.29, 0.717) is 36.1 Å². The summed E-state index contributed by atoms with van der Waals surface area (Å²) in [6.07, 6.45) is 1.04. The molecular weight excluding hydrogens is 288 g/mol. The molecule has 92 valence electrons. The molecule has 1 aromatic carbocycles. The lowest BCUT2D eigenvalue weighted by Crippen LogP contribution is -2.36. The zero-order chi connectivity index (χ0) is 12.4. The molecule has 1 aliphatic rings. The molecule has 0 amide bonds. The van der Waals surface area contributed by atoms with Gasteiger partial charge in [-0.05, 0) is 25.0 Å². The van der Waals surface area contributed by atoms with Gasteiger partial charge in [0.1, 0.15) is 5.69 Å². The standard InChI is InChI=1S/C11H13BrN2O3/c12-8-1-2-10(11(7-8)14(16)17)13-5-3-9(15)4-6-13/h1-2,7,9,15H,3-6H2. The lowest BCUT2D eigenvalue weighted by molar-refractivity contribution is -0.384. The van der Waals surface area contributed by atoms with Crippen LogP contribution in [0.15, 0.2) is 22.7 Å². The van der Waals surface area contributed by atoms with Gasteiger partial charge in [0, 0.05) is 23.6 Å². The SMILES string of the molecule is O=[N+]([O-])c1cc(Br)ccc1N1CCC(O)CC1. The van der Waals surface area contributed by atoms with Crippen LogP contribution in [-0.4, -0.2) is 29.2 Å². The van der Waals surface area contributed by atoms with Crippen LogP contribution in [0.25, 0.3) is 0 Å². The molecular formula is C11H13BrN2O3. The van der Waals surface area contributed by atoms with Gasteiger partial charge in [-0.15, -0.1) is 0 Å². The van der Waals surface area contributed by atoms with Gasteiger partial charge < -0.3 is 10.0 Å². The first-order valence-electron chi connectivity index (χ1n) is 5.45. The molecule has 0 aromatic heterocycles. The van der Waals surface area contributed by atoms with Crippen LogP contribution < -0.4 is 4.90 Å². The first kappa shape index (κ1) is 12.3. The third-order valence-corrected chi connectivity index (χ3v) is 3.43. The zero-order valence-electron chi connectivity index (χ0n) is 9.17. The molecule has 0 spiro atoms. The summed E-state index contributed by atoms with van der Waals surface area (Å²) < 4.78 is 0.699. The minimum absolute atomic E-state index is 0.107. The van der Waals surface area contributed by atoms with Crippen LogP contribution in [0.4, 0.5) is 11.4 Å². The highest BCUT2D eigenvalue weighted by Gasteiger charge is 2.23. The maximum atomic E-state index is 11.0. The third kappa shape index (κ3) is 2.76. The first-order valence-corrected chi connectivity index (χ1v) is 6.24. The molecule has 1 heterocycles. The van der Waals surface area contributed by atoms with Crippen molar-refractivity contribution in [2.45, 2.75) is 18.9 Å². The topological polar surface area (TPSA) is 66.6 Å². The number of benzene rings is 1. The van der Waals surface area contributed by atoms with E-state index >= 15 is 0 Å².